The van der Waals surface area contributed by atoms with Crippen LogP contribution in [0.4, 0.5) is 0 Å². The van der Waals surface area contributed by atoms with Crippen molar-refractivity contribution < 1.29 is 23.5 Å². The monoisotopic (exact) mass is 394 g/mol. The van der Waals surface area contributed by atoms with E-state index in [2.05, 4.69) is 33.9 Å². The first-order valence-corrected chi connectivity index (χ1v) is 12.6. The number of fused-ring (bicyclic) bond motifs is 1. The molecule has 0 bridgehead atoms. The number of allylic oxidation sites excluding steroid dienone is 2. The Bertz CT molecular complexity index is 643. The summed E-state index contributed by atoms with van der Waals surface area (Å²) in [6, 6.07) is 0. The van der Waals surface area contributed by atoms with E-state index in [1.54, 1.807) is 0 Å². The number of carbonyl (C=O) groups excluding carboxylic acids is 2. The Labute approximate surface area is 164 Å². The van der Waals surface area contributed by atoms with E-state index in [1.165, 1.54) is 14.0 Å². The number of methoxy groups -OCH3 is 1. The lowest BCUT2D eigenvalue weighted by Crippen LogP contribution is -2.51. The summed E-state index contributed by atoms with van der Waals surface area (Å²) in [5.41, 5.74) is 1.00. The molecule has 0 spiro atoms. The second-order valence-corrected chi connectivity index (χ2v) is 14.0. The van der Waals surface area contributed by atoms with Crippen LogP contribution in [0.5, 0.6) is 0 Å². The lowest BCUT2D eigenvalue weighted by molar-refractivity contribution is -0.153. The SMILES string of the molecule is COC(=O)[C@@H]1[C@@H]2C(=C[C@@H](OC(C)=O)C[C@@H]2O[Si](C)(C)C(C)(C)C)C=C[C@@H]1C. The summed E-state index contributed by atoms with van der Waals surface area (Å²) >= 11 is 0. The van der Waals surface area contributed by atoms with Gasteiger partial charge in [0.15, 0.2) is 8.32 Å². The van der Waals surface area contributed by atoms with Gasteiger partial charge in [-0.2, -0.15) is 0 Å². The Hall–Kier alpha value is -1.40. The molecule has 0 aromatic heterocycles. The third-order valence-corrected chi connectivity index (χ3v) is 10.7. The third-order valence-electron chi connectivity index (χ3n) is 6.22. The van der Waals surface area contributed by atoms with Crippen LogP contribution in [0.1, 0.15) is 41.0 Å². The molecular formula is C21H34O5Si. The van der Waals surface area contributed by atoms with Gasteiger partial charge in [0.2, 0.25) is 0 Å². The van der Waals surface area contributed by atoms with Gasteiger partial charge in [0.05, 0.1) is 19.1 Å². The number of hydrogen-bond acceptors (Lipinski definition) is 5. The largest absolute Gasteiger partial charge is 0.469 e. The van der Waals surface area contributed by atoms with E-state index in [-0.39, 0.29) is 46.9 Å². The lowest BCUT2D eigenvalue weighted by Gasteiger charge is -2.47. The zero-order valence-corrected chi connectivity index (χ0v) is 18.9. The van der Waals surface area contributed by atoms with Crippen LogP contribution in [0, 0.1) is 17.8 Å². The molecular weight excluding hydrogens is 360 g/mol. The van der Waals surface area contributed by atoms with E-state index in [1.807, 2.05) is 25.2 Å². The van der Waals surface area contributed by atoms with Gasteiger partial charge in [-0.1, -0.05) is 39.8 Å². The summed E-state index contributed by atoms with van der Waals surface area (Å²) in [7, 11) is -0.643. The molecule has 0 N–H and O–H groups in total. The smallest absolute Gasteiger partial charge is 0.309 e. The van der Waals surface area contributed by atoms with E-state index in [4.69, 9.17) is 13.9 Å². The second kappa shape index (κ2) is 7.92. The minimum atomic E-state index is -2.08. The van der Waals surface area contributed by atoms with Gasteiger partial charge in [-0.25, -0.2) is 0 Å². The second-order valence-electron chi connectivity index (χ2n) is 9.26. The first-order chi connectivity index (χ1) is 12.4. The predicted octanol–water partition coefficient (Wildman–Crippen LogP) is 4.25. The molecule has 27 heavy (non-hydrogen) atoms. The molecule has 2 aliphatic carbocycles. The normalized spacial score (nSPS) is 31.0. The van der Waals surface area contributed by atoms with Crippen LogP contribution in [-0.2, 0) is 23.5 Å². The topological polar surface area (TPSA) is 61.8 Å². The highest BCUT2D eigenvalue weighted by molar-refractivity contribution is 6.74. The summed E-state index contributed by atoms with van der Waals surface area (Å²) in [4.78, 5) is 24.1. The van der Waals surface area contributed by atoms with Gasteiger partial charge >= 0.3 is 11.9 Å². The van der Waals surface area contributed by atoms with Gasteiger partial charge in [0.1, 0.15) is 6.10 Å². The highest BCUT2D eigenvalue weighted by atomic mass is 28.4. The molecule has 0 aliphatic heterocycles. The number of esters is 2. The highest BCUT2D eigenvalue weighted by Crippen LogP contribution is 2.46. The maximum atomic E-state index is 12.6. The van der Waals surface area contributed by atoms with Crippen molar-refractivity contribution in [2.75, 3.05) is 7.11 Å². The number of rotatable bonds is 4. The van der Waals surface area contributed by atoms with Crippen LogP contribution in [-0.4, -0.2) is 39.6 Å². The predicted molar refractivity (Wildman–Crippen MR) is 108 cm³/mol. The van der Waals surface area contributed by atoms with Crippen molar-refractivity contribution in [1.29, 1.82) is 0 Å². The molecule has 0 aromatic rings. The van der Waals surface area contributed by atoms with E-state index >= 15 is 0 Å². The summed E-state index contributed by atoms with van der Waals surface area (Å²) < 4.78 is 17.4. The Morgan fingerprint density at radius 3 is 2.37 bits per heavy atom. The van der Waals surface area contributed by atoms with Crippen molar-refractivity contribution in [2.45, 2.75) is 71.4 Å². The summed E-state index contributed by atoms with van der Waals surface area (Å²) in [5, 5.41) is 0.0438. The lowest BCUT2D eigenvalue weighted by atomic mass is 9.68. The molecule has 6 heteroatoms. The average molecular weight is 395 g/mol. The number of ether oxygens (including phenoxy) is 2. The van der Waals surface area contributed by atoms with E-state index in [0.29, 0.717) is 6.42 Å². The Morgan fingerprint density at radius 2 is 1.85 bits per heavy atom. The molecule has 152 valence electrons. The molecule has 2 aliphatic rings. The molecule has 5 nitrogen and oxygen atoms in total. The number of hydrogen-bond donors (Lipinski definition) is 0. The van der Waals surface area contributed by atoms with Gasteiger partial charge in [0.25, 0.3) is 0 Å². The van der Waals surface area contributed by atoms with E-state index in [9.17, 15) is 9.59 Å². The fraction of sp³-hybridized carbons (Fsp3) is 0.714. The van der Waals surface area contributed by atoms with Crippen LogP contribution in [0.3, 0.4) is 0 Å². The Balaban J connectivity index is 2.45. The minimum Gasteiger partial charge on any atom is -0.469 e. The number of carbonyl (C=O) groups is 2. The van der Waals surface area contributed by atoms with Crippen molar-refractivity contribution in [3.05, 3.63) is 23.8 Å². The van der Waals surface area contributed by atoms with Gasteiger partial charge < -0.3 is 13.9 Å². The molecule has 0 fully saturated rings. The van der Waals surface area contributed by atoms with Crippen molar-refractivity contribution in [2.24, 2.45) is 17.8 Å². The van der Waals surface area contributed by atoms with Gasteiger partial charge in [-0.05, 0) is 35.7 Å². The molecule has 0 unspecified atom stereocenters. The zero-order chi connectivity index (χ0) is 20.6. The van der Waals surface area contributed by atoms with Gasteiger partial charge in [-0.3, -0.25) is 9.59 Å². The molecule has 0 radical (unpaired) electrons. The molecule has 5 atom stereocenters. The Kier molecular flexibility index (Phi) is 6.42. The van der Waals surface area contributed by atoms with Gasteiger partial charge in [-0.15, -0.1) is 0 Å². The molecule has 0 amide bonds. The maximum Gasteiger partial charge on any atom is 0.309 e. The fourth-order valence-corrected chi connectivity index (χ4v) is 5.12. The van der Waals surface area contributed by atoms with Crippen LogP contribution in [0.25, 0.3) is 0 Å². The summed E-state index contributed by atoms with van der Waals surface area (Å²) in [6.45, 7) is 14.5. The standard InChI is InChI=1S/C21H34O5Si/c1-13-9-10-15-11-16(25-14(2)22)12-17(19(15)18(13)20(23)24-6)26-27(7,8)21(3,4)5/h9-11,13,16-19H,12H2,1-8H3/t13-,16+,17-,18-,19+/m0/s1. The van der Waals surface area contributed by atoms with Gasteiger partial charge in [0, 0.05) is 19.3 Å². The minimum absolute atomic E-state index is 0.0438. The highest BCUT2D eigenvalue weighted by Gasteiger charge is 2.49. The van der Waals surface area contributed by atoms with Crippen LogP contribution in [0.15, 0.2) is 23.8 Å². The first kappa shape index (κ1) is 21.9. The van der Waals surface area contributed by atoms with Crippen LogP contribution in [0.2, 0.25) is 18.1 Å². The quantitative estimate of drug-likeness (QED) is 0.527. The molecule has 0 aromatic carbocycles. The van der Waals surface area contributed by atoms with Crippen LogP contribution >= 0.6 is 0 Å². The first-order valence-electron chi connectivity index (χ1n) is 9.70. The fourth-order valence-electron chi connectivity index (χ4n) is 3.77. The van der Waals surface area contributed by atoms with Crippen molar-refractivity contribution in [1.82, 2.24) is 0 Å². The average Bonchev–Trinajstić information content (AvgIpc) is 2.52. The molecule has 0 saturated heterocycles. The van der Waals surface area contributed by atoms with Crippen molar-refractivity contribution >= 4 is 20.3 Å². The maximum absolute atomic E-state index is 12.6. The van der Waals surface area contributed by atoms with E-state index < -0.39 is 8.32 Å². The molecule has 0 heterocycles. The molecule has 2 rings (SSSR count). The summed E-state index contributed by atoms with van der Waals surface area (Å²) in [6.07, 6.45) is 6.09. The third kappa shape index (κ3) is 4.72. The van der Waals surface area contributed by atoms with Crippen molar-refractivity contribution in [3.8, 4) is 0 Å². The Morgan fingerprint density at radius 1 is 1.22 bits per heavy atom. The van der Waals surface area contributed by atoms with Crippen molar-refractivity contribution in [3.63, 3.8) is 0 Å². The molecule has 0 saturated carbocycles. The summed E-state index contributed by atoms with van der Waals surface area (Å²) in [5.74, 6) is -0.829. The zero-order valence-electron chi connectivity index (χ0n) is 17.9. The van der Waals surface area contributed by atoms with Crippen LogP contribution < -0.4 is 0 Å². The van der Waals surface area contributed by atoms with E-state index in [0.717, 1.165) is 5.57 Å².